The lowest BCUT2D eigenvalue weighted by molar-refractivity contribution is 0.495. The number of rotatable bonds is 5. The second-order valence-corrected chi connectivity index (χ2v) is 6.62. The van der Waals surface area contributed by atoms with Crippen molar-refractivity contribution in [3.8, 4) is 0 Å². The fourth-order valence-electron chi connectivity index (χ4n) is 2.29. The minimum Gasteiger partial charge on any atom is -0.321 e. The summed E-state index contributed by atoms with van der Waals surface area (Å²) in [6, 6.07) is 13.2. The Morgan fingerprint density at radius 1 is 0.947 bits per heavy atom. The maximum atomic E-state index is 6.52. The predicted molar refractivity (Wildman–Crippen MR) is 84.8 cm³/mol. The van der Waals surface area contributed by atoms with Crippen molar-refractivity contribution >= 4 is 11.3 Å². The van der Waals surface area contributed by atoms with E-state index < -0.39 is 0 Å². The Kier molecular flexibility index (Phi) is 4.43. The predicted octanol–water partition coefficient (Wildman–Crippen LogP) is 4.29. The highest BCUT2D eigenvalue weighted by atomic mass is 32.1. The highest BCUT2D eigenvalue weighted by molar-refractivity contribution is 7.12. The zero-order chi connectivity index (χ0) is 13.9. The van der Waals surface area contributed by atoms with Gasteiger partial charge in [-0.3, -0.25) is 0 Å². The monoisotopic (exact) mass is 273 g/mol. The van der Waals surface area contributed by atoms with E-state index in [1.165, 1.54) is 20.9 Å². The number of benzene rings is 1. The molecule has 19 heavy (non-hydrogen) atoms. The first-order valence-corrected chi connectivity index (χ1v) is 7.82. The smallest absolute Gasteiger partial charge is 0.0429 e. The van der Waals surface area contributed by atoms with Crippen LogP contribution in [-0.4, -0.2) is 0 Å². The Balaban J connectivity index is 2.16. The van der Waals surface area contributed by atoms with Gasteiger partial charge in [0.1, 0.15) is 0 Å². The number of aryl methyl sites for hydroxylation is 2. The second kappa shape index (κ2) is 5.89. The van der Waals surface area contributed by atoms with E-state index in [2.05, 4.69) is 57.2 Å². The molecule has 2 rings (SSSR count). The Bertz CT molecular complexity index is 522. The van der Waals surface area contributed by atoms with Gasteiger partial charge in [0, 0.05) is 21.7 Å². The molecular weight excluding hydrogens is 250 g/mol. The van der Waals surface area contributed by atoms with Crippen molar-refractivity contribution in [2.75, 3.05) is 0 Å². The molecule has 0 aliphatic heterocycles. The summed E-state index contributed by atoms with van der Waals surface area (Å²) in [5.41, 5.74) is 8.81. The quantitative estimate of drug-likeness (QED) is 0.864. The van der Waals surface area contributed by atoms with Crippen molar-refractivity contribution in [3.05, 3.63) is 57.3 Å². The van der Waals surface area contributed by atoms with Crippen molar-refractivity contribution in [2.45, 2.75) is 45.6 Å². The highest BCUT2D eigenvalue weighted by Gasteiger charge is 2.22. The Morgan fingerprint density at radius 3 is 2.11 bits per heavy atom. The lowest BCUT2D eigenvalue weighted by Gasteiger charge is -2.25. The van der Waals surface area contributed by atoms with Crippen molar-refractivity contribution in [3.63, 3.8) is 0 Å². The molecule has 0 aliphatic rings. The third-order valence-electron chi connectivity index (χ3n) is 3.63. The van der Waals surface area contributed by atoms with Crippen LogP contribution < -0.4 is 5.73 Å². The van der Waals surface area contributed by atoms with Gasteiger partial charge in [0.25, 0.3) is 0 Å². The third-order valence-corrected chi connectivity index (χ3v) is 4.86. The van der Waals surface area contributed by atoms with E-state index in [1.54, 1.807) is 0 Å². The average Bonchev–Trinajstić information content (AvgIpc) is 2.85. The topological polar surface area (TPSA) is 26.0 Å². The highest BCUT2D eigenvalue weighted by Crippen LogP contribution is 2.27. The minimum atomic E-state index is -0.290. The van der Waals surface area contributed by atoms with Gasteiger partial charge in [0.2, 0.25) is 0 Å². The average molecular weight is 273 g/mol. The van der Waals surface area contributed by atoms with Crippen LogP contribution in [0.2, 0.25) is 0 Å². The van der Waals surface area contributed by atoms with Crippen LogP contribution in [0.25, 0.3) is 0 Å². The fourth-order valence-corrected chi connectivity index (χ4v) is 3.42. The number of thiophene rings is 1. The molecule has 1 atom stereocenters. The van der Waals surface area contributed by atoms with Crippen molar-refractivity contribution in [2.24, 2.45) is 5.73 Å². The molecule has 0 amide bonds. The van der Waals surface area contributed by atoms with Crippen LogP contribution in [0.3, 0.4) is 0 Å². The van der Waals surface area contributed by atoms with Gasteiger partial charge >= 0.3 is 0 Å². The first kappa shape index (κ1) is 14.3. The van der Waals surface area contributed by atoms with E-state index in [0.29, 0.717) is 0 Å². The third kappa shape index (κ3) is 3.46. The molecule has 2 aromatic rings. The molecule has 0 bridgehead atoms. The molecule has 1 aromatic heterocycles. The molecule has 102 valence electrons. The number of hydrogen-bond donors (Lipinski definition) is 1. The summed E-state index contributed by atoms with van der Waals surface area (Å²) >= 11 is 1.88. The van der Waals surface area contributed by atoms with Gasteiger partial charge in [0.05, 0.1) is 0 Å². The Morgan fingerprint density at radius 2 is 1.58 bits per heavy atom. The zero-order valence-electron chi connectivity index (χ0n) is 12.1. The van der Waals surface area contributed by atoms with Crippen molar-refractivity contribution in [1.82, 2.24) is 0 Å². The van der Waals surface area contributed by atoms with Crippen LogP contribution in [0.15, 0.2) is 36.4 Å². The molecule has 0 saturated heterocycles. The summed E-state index contributed by atoms with van der Waals surface area (Å²) in [5.74, 6) is 0. The molecule has 0 spiro atoms. The van der Waals surface area contributed by atoms with Crippen LogP contribution in [-0.2, 0) is 24.8 Å². The maximum absolute atomic E-state index is 6.52. The van der Waals surface area contributed by atoms with Crippen molar-refractivity contribution < 1.29 is 0 Å². The summed E-state index contributed by atoms with van der Waals surface area (Å²) < 4.78 is 0. The zero-order valence-corrected chi connectivity index (χ0v) is 12.9. The van der Waals surface area contributed by atoms with Gasteiger partial charge in [-0.05, 0) is 43.0 Å². The number of nitrogens with two attached hydrogens (primary N) is 1. The maximum Gasteiger partial charge on any atom is 0.0429 e. The van der Waals surface area contributed by atoms with E-state index in [4.69, 9.17) is 5.73 Å². The Labute approximate surface area is 120 Å². The molecule has 0 fully saturated rings. The summed E-state index contributed by atoms with van der Waals surface area (Å²) in [7, 11) is 0. The molecule has 0 saturated carbocycles. The van der Waals surface area contributed by atoms with Gasteiger partial charge in [-0.1, -0.05) is 38.1 Å². The summed E-state index contributed by atoms with van der Waals surface area (Å²) in [6.07, 6.45) is 3.09. The standard InChI is InChI=1S/C17H23NS/c1-4-13-6-8-14(9-7-13)17(3,18)12-16-11-10-15(5-2)19-16/h6-11H,4-5,12,18H2,1-3H3. The van der Waals surface area contributed by atoms with Gasteiger partial charge in [-0.25, -0.2) is 0 Å². The molecule has 2 heteroatoms. The SMILES string of the molecule is CCc1ccc(C(C)(N)Cc2ccc(CC)s2)cc1. The summed E-state index contributed by atoms with van der Waals surface area (Å²) in [4.78, 5) is 2.81. The molecule has 1 heterocycles. The molecule has 1 nitrogen and oxygen atoms in total. The van der Waals surface area contributed by atoms with Crippen LogP contribution in [0.1, 0.15) is 41.7 Å². The molecular formula is C17H23NS. The van der Waals surface area contributed by atoms with E-state index in [-0.39, 0.29) is 5.54 Å². The van der Waals surface area contributed by atoms with E-state index in [9.17, 15) is 0 Å². The van der Waals surface area contributed by atoms with Crippen LogP contribution >= 0.6 is 11.3 Å². The van der Waals surface area contributed by atoms with Crippen LogP contribution in [0.5, 0.6) is 0 Å². The normalized spacial score (nSPS) is 14.3. The first-order chi connectivity index (χ1) is 9.05. The van der Waals surface area contributed by atoms with Crippen LogP contribution in [0, 0.1) is 0 Å². The van der Waals surface area contributed by atoms with Crippen LogP contribution in [0.4, 0.5) is 0 Å². The summed E-state index contributed by atoms with van der Waals surface area (Å²) in [5, 5.41) is 0. The lowest BCUT2D eigenvalue weighted by atomic mass is 9.88. The van der Waals surface area contributed by atoms with Gasteiger partial charge < -0.3 is 5.73 Å². The van der Waals surface area contributed by atoms with E-state index in [1.807, 2.05) is 11.3 Å². The molecule has 1 unspecified atom stereocenters. The largest absolute Gasteiger partial charge is 0.321 e. The fraction of sp³-hybridized carbons (Fsp3) is 0.412. The molecule has 1 aromatic carbocycles. The lowest BCUT2D eigenvalue weighted by Crippen LogP contribution is -2.35. The van der Waals surface area contributed by atoms with Gasteiger partial charge in [0.15, 0.2) is 0 Å². The number of hydrogen-bond acceptors (Lipinski definition) is 2. The minimum absolute atomic E-state index is 0.290. The van der Waals surface area contributed by atoms with E-state index in [0.717, 1.165) is 19.3 Å². The second-order valence-electron chi connectivity index (χ2n) is 5.37. The Hall–Kier alpha value is -1.12. The van der Waals surface area contributed by atoms with Gasteiger partial charge in [-0.2, -0.15) is 0 Å². The van der Waals surface area contributed by atoms with Crippen molar-refractivity contribution in [1.29, 1.82) is 0 Å². The van der Waals surface area contributed by atoms with E-state index >= 15 is 0 Å². The molecule has 0 radical (unpaired) electrons. The van der Waals surface area contributed by atoms with Gasteiger partial charge in [-0.15, -0.1) is 11.3 Å². The summed E-state index contributed by atoms with van der Waals surface area (Å²) in [6.45, 7) is 6.49. The first-order valence-electron chi connectivity index (χ1n) is 7.01. The molecule has 0 aliphatic carbocycles. The molecule has 2 N–H and O–H groups in total.